The number of aromatic nitrogens is 1. The fourth-order valence-electron chi connectivity index (χ4n) is 2.47. The summed E-state index contributed by atoms with van der Waals surface area (Å²) in [6.45, 7) is 3.95. The van der Waals surface area contributed by atoms with Crippen molar-refractivity contribution in [2.24, 2.45) is 7.05 Å². The molecule has 1 unspecified atom stereocenters. The normalized spacial score (nSPS) is 11.8. The van der Waals surface area contributed by atoms with Gasteiger partial charge in [-0.2, -0.15) is 0 Å². The number of benzene rings is 1. The number of carbonyl (C=O) groups is 1. The molecule has 0 spiro atoms. The summed E-state index contributed by atoms with van der Waals surface area (Å²) in [5, 5.41) is 1.10. The highest BCUT2D eigenvalue weighted by molar-refractivity contribution is 5.87. The third-order valence-electron chi connectivity index (χ3n) is 3.58. The molecule has 1 aromatic heterocycles. The van der Waals surface area contributed by atoms with Gasteiger partial charge in [0.05, 0.1) is 6.42 Å². The molecule has 0 bridgehead atoms. The first-order valence-electron chi connectivity index (χ1n) is 7.82. The zero-order chi connectivity index (χ0) is 15.9. The van der Waals surface area contributed by atoms with Gasteiger partial charge in [-0.25, -0.2) is 0 Å². The van der Waals surface area contributed by atoms with Crippen molar-refractivity contribution in [1.82, 2.24) is 4.57 Å². The van der Waals surface area contributed by atoms with Crippen LogP contribution < -0.4 is 0 Å². The molecule has 0 radical (unpaired) electrons. The van der Waals surface area contributed by atoms with Crippen LogP contribution in [-0.4, -0.2) is 16.6 Å². The van der Waals surface area contributed by atoms with E-state index in [0.29, 0.717) is 0 Å². The van der Waals surface area contributed by atoms with E-state index in [9.17, 15) is 4.79 Å². The molecule has 0 saturated heterocycles. The Kier molecular flexibility index (Phi) is 5.66. The zero-order valence-electron chi connectivity index (χ0n) is 13.6. The van der Waals surface area contributed by atoms with Crippen LogP contribution in [0.1, 0.15) is 38.7 Å². The van der Waals surface area contributed by atoms with Crippen LogP contribution in [0.15, 0.2) is 30.5 Å². The third kappa shape index (κ3) is 4.14. The lowest BCUT2D eigenvalue weighted by molar-refractivity contribution is -0.144. The van der Waals surface area contributed by atoms with Gasteiger partial charge in [-0.3, -0.25) is 4.79 Å². The van der Waals surface area contributed by atoms with Crippen molar-refractivity contribution < 1.29 is 9.53 Å². The number of ether oxygens (including phenoxy) is 1. The van der Waals surface area contributed by atoms with Gasteiger partial charge < -0.3 is 9.30 Å². The van der Waals surface area contributed by atoms with E-state index in [2.05, 4.69) is 18.8 Å². The summed E-state index contributed by atoms with van der Waals surface area (Å²) in [4.78, 5) is 12.1. The molecule has 22 heavy (non-hydrogen) atoms. The number of esters is 1. The van der Waals surface area contributed by atoms with Gasteiger partial charge in [0.15, 0.2) is 6.10 Å². The number of hydrogen-bond donors (Lipinski definition) is 0. The van der Waals surface area contributed by atoms with Gasteiger partial charge in [0.25, 0.3) is 0 Å². The Hall–Kier alpha value is -2.21. The smallest absolute Gasteiger partial charge is 0.311 e. The second kappa shape index (κ2) is 7.70. The van der Waals surface area contributed by atoms with Gasteiger partial charge in [0.1, 0.15) is 0 Å². The Bertz CT molecular complexity index is 703. The molecule has 0 aliphatic carbocycles. The molecule has 0 N–H and O–H groups in total. The molecular weight excluding hydrogens is 274 g/mol. The molecule has 116 valence electrons. The standard InChI is InChI=1S/C19H23NO2/c1-4-5-6-7-10-15(2)22-19(21)13-16-14-20(3)18-12-9-8-11-17(16)18/h8-9,11-12,14-15H,4-6,13H2,1-3H3. The van der Waals surface area contributed by atoms with Crippen molar-refractivity contribution >= 4 is 16.9 Å². The number of para-hydroxylation sites is 1. The van der Waals surface area contributed by atoms with Gasteiger partial charge in [-0.05, 0) is 25.0 Å². The minimum atomic E-state index is -0.348. The largest absolute Gasteiger partial charge is 0.449 e. The average Bonchev–Trinajstić information content (AvgIpc) is 2.80. The first kappa shape index (κ1) is 16.2. The zero-order valence-corrected chi connectivity index (χ0v) is 13.6. The highest BCUT2D eigenvalue weighted by Crippen LogP contribution is 2.21. The van der Waals surface area contributed by atoms with Crippen molar-refractivity contribution in [3.05, 3.63) is 36.0 Å². The van der Waals surface area contributed by atoms with Crippen LogP contribution >= 0.6 is 0 Å². The maximum absolute atomic E-state index is 12.1. The maximum Gasteiger partial charge on any atom is 0.311 e. The van der Waals surface area contributed by atoms with Crippen molar-refractivity contribution in [2.75, 3.05) is 0 Å². The lowest BCUT2D eigenvalue weighted by Crippen LogP contribution is -2.15. The highest BCUT2D eigenvalue weighted by Gasteiger charge is 2.13. The lowest BCUT2D eigenvalue weighted by Gasteiger charge is -2.06. The minimum absolute atomic E-state index is 0.228. The number of aryl methyl sites for hydroxylation is 1. The predicted molar refractivity (Wildman–Crippen MR) is 89.5 cm³/mol. The molecule has 3 nitrogen and oxygen atoms in total. The van der Waals surface area contributed by atoms with E-state index in [4.69, 9.17) is 4.74 Å². The molecule has 1 atom stereocenters. The summed E-state index contributed by atoms with van der Waals surface area (Å²) in [6.07, 6.45) is 5.00. The first-order valence-corrected chi connectivity index (χ1v) is 7.82. The van der Waals surface area contributed by atoms with E-state index in [1.165, 1.54) is 0 Å². The van der Waals surface area contributed by atoms with Crippen LogP contribution in [0.3, 0.4) is 0 Å². The Balaban J connectivity index is 1.97. The van der Waals surface area contributed by atoms with Gasteiger partial charge >= 0.3 is 5.97 Å². The minimum Gasteiger partial charge on any atom is -0.449 e. The van der Waals surface area contributed by atoms with E-state index in [-0.39, 0.29) is 18.5 Å². The van der Waals surface area contributed by atoms with E-state index in [0.717, 1.165) is 35.7 Å². The molecule has 0 fully saturated rings. The number of fused-ring (bicyclic) bond motifs is 1. The third-order valence-corrected chi connectivity index (χ3v) is 3.58. The maximum atomic E-state index is 12.1. The summed E-state index contributed by atoms with van der Waals surface area (Å²) in [6, 6.07) is 8.06. The fourth-order valence-corrected chi connectivity index (χ4v) is 2.47. The molecule has 1 heterocycles. The van der Waals surface area contributed by atoms with Crippen molar-refractivity contribution in [2.45, 2.75) is 45.6 Å². The second-order valence-corrected chi connectivity index (χ2v) is 5.52. The van der Waals surface area contributed by atoms with Crippen LogP contribution in [0, 0.1) is 11.8 Å². The van der Waals surface area contributed by atoms with Gasteiger partial charge in [-0.15, -0.1) is 0 Å². The molecule has 3 heteroatoms. The molecule has 2 rings (SSSR count). The van der Waals surface area contributed by atoms with E-state index < -0.39 is 0 Å². The molecule has 0 aliphatic rings. The fraction of sp³-hybridized carbons (Fsp3) is 0.421. The van der Waals surface area contributed by atoms with E-state index in [1.807, 2.05) is 49.0 Å². The summed E-state index contributed by atoms with van der Waals surface area (Å²) in [7, 11) is 1.99. The van der Waals surface area contributed by atoms with Crippen LogP contribution in [0.5, 0.6) is 0 Å². The first-order chi connectivity index (χ1) is 10.6. The van der Waals surface area contributed by atoms with E-state index in [1.54, 1.807) is 0 Å². The van der Waals surface area contributed by atoms with Crippen LogP contribution in [0.2, 0.25) is 0 Å². The topological polar surface area (TPSA) is 31.2 Å². The summed E-state index contributed by atoms with van der Waals surface area (Å²) in [5.41, 5.74) is 2.12. The second-order valence-electron chi connectivity index (χ2n) is 5.52. The van der Waals surface area contributed by atoms with Gasteiger partial charge in [0, 0.05) is 30.6 Å². The van der Waals surface area contributed by atoms with Crippen LogP contribution in [-0.2, 0) is 23.0 Å². The summed E-state index contributed by atoms with van der Waals surface area (Å²) < 4.78 is 7.40. The molecule has 2 aromatic rings. The van der Waals surface area contributed by atoms with Crippen LogP contribution in [0.4, 0.5) is 0 Å². The summed E-state index contributed by atoms with van der Waals surface area (Å²) >= 11 is 0. The quantitative estimate of drug-likeness (QED) is 0.477. The monoisotopic (exact) mass is 297 g/mol. The Labute approximate surface area is 132 Å². The SMILES string of the molecule is CCCCC#CC(C)OC(=O)Cc1cn(C)c2ccccc12. The number of nitrogens with zero attached hydrogens (tertiary/aromatic N) is 1. The van der Waals surface area contributed by atoms with Crippen molar-refractivity contribution in [3.8, 4) is 11.8 Å². The number of hydrogen-bond acceptors (Lipinski definition) is 2. The predicted octanol–water partition coefficient (Wildman–Crippen LogP) is 3.85. The Morgan fingerprint density at radius 3 is 2.91 bits per heavy atom. The van der Waals surface area contributed by atoms with E-state index >= 15 is 0 Å². The highest BCUT2D eigenvalue weighted by atomic mass is 16.5. The van der Waals surface area contributed by atoms with Crippen LogP contribution in [0.25, 0.3) is 10.9 Å². The number of rotatable bonds is 5. The van der Waals surface area contributed by atoms with Gasteiger partial charge in [0.2, 0.25) is 0 Å². The Morgan fingerprint density at radius 2 is 2.14 bits per heavy atom. The van der Waals surface area contributed by atoms with Gasteiger partial charge in [-0.1, -0.05) is 43.4 Å². The average molecular weight is 297 g/mol. The van der Waals surface area contributed by atoms with Crippen molar-refractivity contribution in [1.29, 1.82) is 0 Å². The molecule has 1 aromatic carbocycles. The Morgan fingerprint density at radius 1 is 1.36 bits per heavy atom. The van der Waals surface area contributed by atoms with Crippen molar-refractivity contribution in [3.63, 3.8) is 0 Å². The lowest BCUT2D eigenvalue weighted by atomic mass is 10.1. The molecule has 0 amide bonds. The number of carbonyl (C=O) groups excluding carboxylic acids is 1. The molecular formula is C19H23NO2. The number of unbranched alkanes of at least 4 members (excludes halogenated alkanes) is 2. The summed E-state index contributed by atoms with van der Waals surface area (Å²) in [5.74, 6) is 5.81. The molecule has 0 aliphatic heterocycles. The molecule has 0 saturated carbocycles.